The van der Waals surface area contributed by atoms with Crippen LogP contribution in [0.1, 0.15) is 42.7 Å². The van der Waals surface area contributed by atoms with Gasteiger partial charge < -0.3 is 14.8 Å². The second-order valence-corrected chi connectivity index (χ2v) is 5.41. The lowest BCUT2D eigenvalue weighted by atomic mass is 10.1. The van der Waals surface area contributed by atoms with Gasteiger partial charge in [0.05, 0.1) is 22.8 Å². The molecule has 0 saturated heterocycles. The molecule has 2 N–H and O–H groups in total. The van der Waals surface area contributed by atoms with E-state index in [1.807, 2.05) is 32.0 Å². The van der Waals surface area contributed by atoms with Crippen LogP contribution in [0, 0.1) is 13.8 Å². The standard InChI is InChI=1S/C16H20N4O/c1-5-15-18-13-8-12(17)6-7-14(13)20(15)10(3)16-9(2)19-21-11(16)4/h6-8,10H,5,17H2,1-4H3. The fourth-order valence-corrected chi connectivity index (χ4v) is 3.06. The van der Waals surface area contributed by atoms with Gasteiger partial charge in [0.25, 0.3) is 0 Å². The maximum Gasteiger partial charge on any atom is 0.139 e. The van der Waals surface area contributed by atoms with Gasteiger partial charge in [0.15, 0.2) is 0 Å². The van der Waals surface area contributed by atoms with Gasteiger partial charge in [0.2, 0.25) is 0 Å². The van der Waals surface area contributed by atoms with Crippen molar-refractivity contribution in [2.45, 2.75) is 40.2 Å². The first-order valence-electron chi connectivity index (χ1n) is 7.22. The Balaban J connectivity index is 2.23. The van der Waals surface area contributed by atoms with Gasteiger partial charge in [-0.15, -0.1) is 0 Å². The van der Waals surface area contributed by atoms with Crippen molar-refractivity contribution in [3.8, 4) is 0 Å². The zero-order valence-corrected chi connectivity index (χ0v) is 12.8. The lowest BCUT2D eigenvalue weighted by molar-refractivity contribution is 0.391. The van der Waals surface area contributed by atoms with Gasteiger partial charge >= 0.3 is 0 Å². The number of rotatable bonds is 3. The molecule has 0 aliphatic heterocycles. The molecule has 1 aromatic carbocycles. The molecule has 1 unspecified atom stereocenters. The van der Waals surface area contributed by atoms with E-state index in [1.165, 1.54) is 0 Å². The number of benzene rings is 1. The van der Waals surface area contributed by atoms with Crippen molar-refractivity contribution >= 4 is 16.7 Å². The van der Waals surface area contributed by atoms with E-state index in [9.17, 15) is 0 Å². The third kappa shape index (κ3) is 2.09. The molecule has 3 rings (SSSR count). The highest BCUT2D eigenvalue weighted by Gasteiger charge is 2.22. The number of hydrogen-bond donors (Lipinski definition) is 1. The Labute approximate surface area is 123 Å². The Hall–Kier alpha value is -2.30. The molecule has 0 amide bonds. The van der Waals surface area contributed by atoms with Crippen molar-refractivity contribution in [3.05, 3.63) is 41.0 Å². The lowest BCUT2D eigenvalue weighted by Crippen LogP contribution is -2.11. The molecule has 2 aromatic heterocycles. The van der Waals surface area contributed by atoms with Crippen LogP contribution in [-0.4, -0.2) is 14.7 Å². The van der Waals surface area contributed by atoms with Crippen LogP contribution in [0.2, 0.25) is 0 Å². The van der Waals surface area contributed by atoms with Crippen LogP contribution in [0.25, 0.3) is 11.0 Å². The van der Waals surface area contributed by atoms with E-state index in [0.717, 1.165) is 46.0 Å². The maximum atomic E-state index is 5.87. The quantitative estimate of drug-likeness (QED) is 0.748. The fourth-order valence-electron chi connectivity index (χ4n) is 3.06. The SMILES string of the molecule is CCc1nc2cc(N)ccc2n1C(C)c1c(C)noc1C. The molecule has 0 radical (unpaired) electrons. The number of fused-ring (bicyclic) bond motifs is 1. The van der Waals surface area contributed by atoms with E-state index < -0.39 is 0 Å². The molecule has 2 heterocycles. The predicted octanol–water partition coefficient (Wildman–Crippen LogP) is 3.40. The minimum atomic E-state index is 0.125. The summed E-state index contributed by atoms with van der Waals surface area (Å²) in [4.78, 5) is 4.71. The van der Waals surface area contributed by atoms with Gasteiger partial charge in [-0.3, -0.25) is 0 Å². The number of aromatic nitrogens is 3. The summed E-state index contributed by atoms with van der Waals surface area (Å²) in [6.45, 7) is 8.20. The highest BCUT2D eigenvalue weighted by atomic mass is 16.5. The molecule has 0 bridgehead atoms. The van der Waals surface area contributed by atoms with Gasteiger partial charge in [0, 0.05) is 17.7 Å². The largest absolute Gasteiger partial charge is 0.399 e. The molecule has 0 fully saturated rings. The molecule has 5 heteroatoms. The Morgan fingerprint density at radius 1 is 1.33 bits per heavy atom. The van der Waals surface area contributed by atoms with E-state index in [1.54, 1.807) is 0 Å². The molecule has 1 atom stereocenters. The van der Waals surface area contributed by atoms with E-state index in [-0.39, 0.29) is 6.04 Å². The molecular weight excluding hydrogens is 264 g/mol. The number of nitrogens with zero attached hydrogens (tertiary/aromatic N) is 3. The predicted molar refractivity (Wildman–Crippen MR) is 83.3 cm³/mol. The normalized spacial score (nSPS) is 13.0. The van der Waals surface area contributed by atoms with Gasteiger partial charge in [-0.1, -0.05) is 12.1 Å². The summed E-state index contributed by atoms with van der Waals surface area (Å²) < 4.78 is 7.57. The van der Waals surface area contributed by atoms with Crippen LogP contribution in [0.4, 0.5) is 5.69 Å². The van der Waals surface area contributed by atoms with Crippen molar-refractivity contribution < 1.29 is 4.52 Å². The van der Waals surface area contributed by atoms with Crippen molar-refractivity contribution in [2.24, 2.45) is 0 Å². The summed E-state index contributed by atoms with van der Waals surface area (Å²) in [5.74, 6) is 1.91. The number of imidazole rings is 1. The Kier molecular flexibility index (Phi) is 3.20. The van der Waals surface area contributed by atoms with E-state index in [0.29, 0.717) is 0 Å². The van der Waals surface area contributed by atoms with Crippen LogP contribution in [-0.2, 0) is 6.42 Å². The monoisotopic (exact) mass is 284 g/mol. The minimum absolute atomic E-state index is 0.125. The Morgan fingerprint density at radius 3 is 2.71 bits per heavy atom. The summed E-state index contributed by atoms with van der Waals surface area (Å²) in [6.07, 6.45) is 0.863. The summed E-state index contributed by atoms with van der Waals surface area (Å²) in [6, 6.07) is 6.00. The van der Waals surface area contributed by atoms with Crippen molar-refractivity contribution in [1.82, 2.24) is 14.7 Å². The van der Waals surface area contributed by atoms with Crippen molar-refractivity contribution in [3.63, 3.8) is 0 Å². The molecule has 0 saturated carbocycles. The van der Waals surface area contributed by atoms with E-state index >= 15 is 0 Å². The number of nitrogen functional groups attached to an aromatic ring is 1. The number of hydrogen-bond acceptors (Lipinski definition) is 4. The van der Waals surface area contributed by atoms with E-state index in [4.69, 9.17) is 15.2 Å². The Bertz CT molecular complexity index is 781. The molecule has 0 spiro atoms. The van der Waals surface area contributed by atoms with Gasteiger partial charge in [-0.05, 0) is 39.0 Å². The summed E-state index contributed by atoms with van der Waals surface area (Å²) in [7, 11) is 0. The first kappa shape index (κ1) is 13.7. The smallest absolute Gasteiger partial charge is 0.139 e. The topological polar surface area (TPSA) is 69.9 Å². The van der Waals surface area contributed by atoms with Crippen LogP contribution in [0.15, 0.2) is 22.7 Å². The molecule has 5 nitrogen and oxygen atoms in total. The number of anilines is 1. The van der Waals surface area contributed by atoms with Gasteiger partial charge in [-0.25, -0.2) is 4.98 Å². The Morgan fingerprint density at radius 2 is 2.10 bits per heavy atom. The van der Waals surface area contributed by atoms with Crippen LogP contribution in [0.5, 0.6) is 0 Å². The summed E-state index contributed by atoms with van der Waals surface area (Å²) >= 11 is 0. The van der Waals surface area contributed by atoms with Crippen LogP contribution >= 0.6 is 0 Å². The highest BCUT2D eigenvalue weighted by molar-refractivity contribution is 5.80. The molecule has 21 heavy (non-hydrogen) atoms. The van der Waals surface area contributed by atoms with E-state index in [2.05, 4.69) is 23.6 Å². The van der Waals surface area contributed by atoms with Crippen LogP contribution < -0.4 is 5.73 Å². The first-order valence-corrected chi connectivity index (χ1v) is 7.22. The average molecular weight is 284 g/mol. The number of aryl methyl sites for hydroxylation is 3. The molecule has 3 aromatic rings. The number of nitrogens with two attached hydrogens (primary N) is 1. The molecular formula is C16H20N4O. The molecule has 110 valence electrons. The summed E-state index contributed by atoms with van der Waals surface area (Å²) in [5, 5.41) is 4.07. The zero-order chi connectivity index (χ0) is 15.1. The fraction of sp³-hybridized carbons (Fsp3) is 0.375. The highest BCUT2D eigenvalue weighted by Crippen LogP contribution is 2.30. The molecule has 0 aliphatic carbocycles. The lowest BCUT2D eigenvalue weighted by Gasteiger charge is -2.17. The molecule has 0 aliphatic rings. The third-order valence-corrected chi connectivity index (χ3v) is 4.00. The second-order valence-electron chi connectivity index (χ2n) is 5.41. The maximum absolute atomic E-state index is 5.87. The van der Waals surface area contributed by atoms with Crippen molar-refractivity contribution in [1.29, 1.82) is 0 Å². The first-order chi connectivity index (χ1) is 10.0. The van der Waals surface area contributed by atoms with Crippen LogP contribution in [0.3, 0.4) is 0 Å². The third-order valence-electron chi connectivity index (χ3n) is 4.00. The average Bonchev–Trinajstić information content (AvgIpc) is 2.98. The summed E-state index contributed by atoms with van der Waals surface area (Å²) in [5.41, 5.74) is 10.7. The zero-order valence-electron chi connectivity index (χ0n) is 12.8. The van der Waals surface area contributed by atoms with Crippen molar-refractivity contribution in [2.75, 3.05) is 5.73 Å². The van der Waals surface area contributed by atoms with Gasteiger partial charge in [-0.2, -0.15) is 0 Å². The minimum Gasteiger partial charge on any atom is -0.399 e. The van der Waals surface area contributed by atoms with Gasteiger partial charge in [0.1, 0.15) is 11.6 Å². The second kappa shape index (κ2) is 4.91.